The van der Waals surface area contributed by atoms with Crippen LogP contribution in [0.3, 0.4) is 0 Å². The van der Waals surface area contributed by atoms with Crippen molar-refractivity contribution in [2.75, 3.05) is 11.5 Å². The van der Waals surface area contributed by atoms with E-state index >= 15 is 0 Å². The van der Waals surface area contributed by atoms with Crippen molar-refractivity contribution in [2.24, 2.45) is 5.92 Å². The molecule has 1 nitrogen and oxygen atoms in total. The fraction of sp³-hybridized carbons (Fsp3) is 0.684. The number of hydrogen-bond acceptors (Lipinski definition) is 2. The smallest absolute Gasteiger partial charge is 0.0350 e. The zero-order chi connectivity index (χ0) is 14.9. The number of rotatable bonds is 8. The monoisotopic (exact) mass is 305 g/mol. The lowest BCUT2D eigenvalue weighted by Crippen LogP contribution is -2.36. The Hall–Kier alpha value is -0.470. The topological polar surface area (TPSA) is 12.0 Å². The van der Waals surface area contributed by atoms with Crippen molar-refractivity contribution in [1.29, 1.82) is 0 Å². The van der Waals surface area contributed by atoms with Crippen molar-refractivity contribution in [2.45, 2.75) is 64.5 Å². The van der Waals surface area contributed by atoms with Gasteiger partial charge in [0, 0.05) is 12.1 Å². The highest BCUT2D eigenvalue weighted by atomic mass is 32.2. The molecule has 1 aliphatic carbocycles. The third-order valence-corrected chi connectivity index (χ3v) is 5.58. The second-order valence-electron chi connectivity index (χ2n) is 6.34. The quantitative estimate of drug-likeness (QED) is 0.643. The van der Waals surface area contributed by atoms with E-state index in [-0.39, 0.29) is 0 Å². The van der Waals surface area contributed by atoms with E-state index in [9.17, 15) is 0 Å². The van der Waals surface area contributed by atoms with Gasteiger partial charge in [-0.2, -0.15) is 11.8 Å². The van der Waals surface area contributed by atoms with Crippen molar-refractivity contribution >= 4 is 11.8 Å². The predicted molar refractivity (Wildman–Crippen MR) is 96.0 cm³/mol. The van der Waals surface area contributed by atoms with Gasteiger partial charge >= 0.3 is 0 Å². The van der Waals surface area contributed by atoms with Crippen LogP contribution >= 0.6 is 11.8 Å². The molecule has 0 spiro atoms. The van der Waals surface area contributed by atoms with Gasteiger partial charge in [-0.05, 0) is 49.2 Å². The standard InChI is InChI=1S/C19H31NS/c1-3-21-15-14-16(2)20-19(17-10-6-4-7-11-17)18-12-8-5-9-13-18/h4,6-7,10-11,16,18-20H,3,5,8-9,12-15H2,1-2H3. The van der Waals surface area contributed by atoms with E-state index in [4.69, 9.17) is 0 Å². The third-order valence-electron chi connectivity index (χ3n) is 4.64. The Kier molecular flexibility index (Phi) is 7.66. The maximum atomic E-state index is 3.95. The van der Waals surface area contributed by atoms with Crippen LogP contribution in [0.15, 0.2) is 30.3 Å². The number of benzene rings is 1. The van der Waals surface area contributed by atoms with Crippen LogP contribution < -0.4 is 5.32 Å². The van der Waals surface area contributed by atoms with Gasteiger partial charge in [0.1, 0.15) is 0 Å². The van der Waals surface area contributed by atoms with Gasteiger partial charge in [0.05, 0.1) is 0 Å². The lowest BCUT2D eigenvalue weighted by Gasteiger charge is -2.33. The molecule has 1 saturated carbocycles. The molecule has 0 radical (unpaired) electrons. The Labute approximate surface area is 135 Å². The Bertz CT molecular complexity index is 372. The summed E-state index contributed by atoms with van der Waals surface area (Å²) < 4.78 is 0. The Balaban J connectivity index is 1.98. The highest BCUT2D eigenvalue weighted by molar-refractivity contribution is 7.99. The minimum atomic E-state index is 0.549. The summed E-state index contributed by atoms with van der Waals surface area (Å²) >= 11 is 2.05. The molecule has 1 fully saturated rings. The highest BCUT2D eigenvalue weighted by Crippen LogP contribution is 2.34. The van der Waals surface area contributed by atoms with Crippen molar-refractivity contribution in [3.8, 4) is 0 Å². The number of nitrogens with one attached hydrogen (secondary N) is 1. The molecule has 0 heterocycles. The maximum absolute atomic E-state index is 3.95. The van der Waals surface area contributed by atoms with E-state index in [2.05, 4.69) is 61.3 Å². The molecule has 2 heteroatoms. The van der Waals surface area contributed by atoms with E-state index in [1.807, 2.05) is 0 Å². The SMILES string of the molecule is CCSCCC(C)NC(c1ccccc1)C1CCCCC1. The second kappa shape index (κ2) is 9.53. The third kappa shape index (κ3) is 5.67. The molecule has 1 aromatic rings. The maximum Gasteiger partial charge on any atom is 0.0350 e. The van der Waals surface area contributed by atoms with Crippen LogP contribution in [0.5, 0.6) is 0 Å². The molecule has 21 heavy (non-hydrogen) atoms. The second-order valence-corrected chi connectivity index (χ2v) is 7.73. The van der Waals surface area contributed by atoms with Crippen LogP contribution in [0.1, 0.15) is 64.0 Å². The van der Waals surface area contributed by atoms with Crippen molar-refractivity contribution in [3.05, 3.63) is 35.9 Å². The molecular weight excluding hydrogens is 274 g/mol. The van der Waals surface area contributed by atoms with Gasteiger partial charge in [0.2, 0.25) is 0 Å². The van der Waals surface area contributed by atoms with Gasteiger partial charge in [-0.25, -0.2) is 0 Å². The summed E-state index contributed by atoms with van der Waals surface area (Å²) in [5.41, 5.74) is 1.49. The molecule has 2 unspecified atom stereocenters. The number of thioether (sulfide) groups is 1. The predicted octanol–water partition coefficient (Wildman–Crippen LogP) is 5.43. The summed E-state index contributed by atoms with van der Waals surface area (Å²) in [5.74, 6) is 3.33. The molecule has 2 rings (SSSR count). The molecule has 0 aliphatic heterocycles. The molecule has 2 atom stereocenters. The first kappa shape index (κ1) is 16.9. The fourth-order valence-electron chi connectivity index (χ4n) is 3.43. The summed E-state index contributed by atoms with van der Waals surface area (Å²) in [6, 6.07) is 12.3. The summed E-state index contributed by atoms with van der Waals surface area (Å²) in [4.78, 5) is 0. The molecule has 1 aromatic carbocycles. The minimum absolute atomic E-state index is 0.549. The number of hydrogen-bond donors (Lipinski definition) is 1. The van der Waals surface area contributed by atoms with Gasteiger partial charge in [-0.15, -0.1) is 0 Å². The Morgan fingerprint density at radius 1 is 1.14 bits per heavy atom. The molecule has 0 amide bonds. The van der Waals surface area contributed by atoms with Gasteiger partial charge in [0.15, 0.2) is 0 Å². The lowest BCUT2D eigenvalue weighted by atomic mass is 9.81. The van der Waals surface area contributed by atoms with Crippen LogP contribution in [0.2, 0.25) is 0 Å². The summed E-state index contributed by atoms with van der Waals surface area (Å²) in [6.45, 7) is 4.60. The summed E-state index contributed by atoms with van der Waals surface area (Å²) in [5, 5.41) is 3.95. The van der Waals surface area contributed by atoms with Crippen LogP contribution in [-0.2, 0) is 0 Å². The summed E-state index contributed by atoms with van der Waals surface area (Å²) in [6.07, 6.45) is 8.31. The minimum Gasteiger partial charge on any atom is -0.307 e. The molecule has 1 aliphatic rings. The summed E-state index contributed by atoms with van der Waals surface area (Å²) in [7, 11) is 0. The van der Waals surface area contributed by atoms with Crippen molar-refractivity contribution in [1.82, 2.24) is 5.32 Å². The fourth-order valence-corrected chi connectivity index (χ4v) is 4.24. The van der Waals surface area contributed by atoms with E-state index in [1.165, 1.54) is 55.6 Å². The molecule has 0 bridgehead atoms. The first-order valence-corrected chi connectivity index (χ1v) is 9.85. The Morgan fingerprint density at radius 3 is 2.52 bits per heavy atom. The van der Waals surface area contributed by atoms with Gasteiger partial charge in [0.25, 0.3) is 0 Å². The van der Waals surface area contributed by atoms with Crippen LogP contribution in [0, 0.1) is 5.92 Å². The average molecular weight is 306 g/mol. The zero-order valence-corrected chi connectivity index (χ0v) is 14.5. The molecule has 118 valence electrons. The Morgan fingerprint density at radius 2 is 1.86 bits per heavy atom. The largest absolute Gasteiger partial charge is 0.307 e. The van der Waals surface area contributed by atoms with E-state index < -0.39 is 0 Å². The van der Waals surface area contributed by atoms with Gasteiger partial charge in [-0.1, -0.05) is 56.5 Å². The zero-order valence-electron chi connectivity index (χ0n) is 13.7. The van der Waals surface area contributed by atoms with Crippen LogP contribution in [-0.4, -0.2) is 17.5 Å². The normalized spacial score (nSPS) is 19.3. The first-order chi connectivity index (χ1) is 10.3. The van der Waals surface area contributed by atoms with Crippen molar-refractivity contribution < 1.29 is 0 Å². The van der Waals surface area contributed by atoms with Gasteiger partial charge in [-0.3, -0.25) is 0 Å². The average Bonchev–Trinajstić information content (AvgIpc) is 2.54. The van der Waals surface area contributed by atoms with Gasteiger partial charge < -0.3 is 5.32 Å². The van der Waals surface area contributed by atoms with E-state index in [0.717, 1.165) is 5.92 Å². The highest BCUT2D eigenvalue weighted by Gasteiger charge is 2.25. The molecule has 0 aromatic heterocycles. The molecular formula is C19H31NS. The molecule has 1 N–H and O–H groups in total. The van der Waals surface area contributed by atoms with E-state index in [0.29, 0.717) is 12.1 Å². The molecule has 0 saturated heterocycles. The first-order valence-electron chi connectivity index (χ1n) is 8.70. The van der Waals surface area contributed by atoms with Crippen LogP contribution in [0.4, 0.5) is 0 Å². The van der Waals surface area contributed by atoms with Crippen LogP contribution in [0.25, 0.3) is 0 Å². The van der Waals surface area contributed by atoms with E-state index in [1.54, 1.807) is 0 Å². The van der Waals surface area contributed by atoms with Crippen molar-refractivity contribution in [3.63, 3.8) is 0 Å². The lowest BCUT2D eigenvalue weighted by molar-refractivity contribution is 0.255.